The van der Waals surface area contributed by atoms with E-state index in [2.05, 4.69) is 16.1 Å². The van der Waals surface area contributed by atoms with E-state index in [-0.39, 0.29) is 13.3 Å². The summed E-state index contributed by atoms with van der Waals surface area (Å²) < 4.78 is 14.9. The molecule has 18 heavy (non-hydrogen) atoms. The minimum atomic E-state index is -0.599. The highest BCUT2D eigenvalue weighted by Gasteiger charge is 2.18. The van der Waals surface area contributed by atoms with Crippen molar-refractivity contribution in [3.63, 3.8) is 0 Å². The first-order valence-electron chi connectivity index (χ1n) is 5.34. The molecule has 0 radical (unpaired) electrons. The fourth-order valence-electron chi connectivity index (χ4n) is 1.59. The first kappa shape index (κ1) is 12.2. The minimum absolute atomic E-state index is 0.0246. The monoisotopic (exact) mass is 248 g/mol. The molecule has 1 aliphatic heterocycles. The molecule has 0 saturated heterocycles. The third-order valence-electron chi connectivity index (χ3n) is 2.54. The van der Waals surface area contributed by atoms with Crippen LogP contribution in [0.5, 0.6) is 11.5 Å². The molecule has 2 rings (SSSR count). The van der Waals surface area contributed by atoms with Gasteiger partial charge in [-0.1, -0.05) is 6.07 Å². The largest absolute Gasteiger partial charge is 0.468 e. The summed E-state index contributed by atoms with van der Waals surface area (Å²) in [6.45, 7) is 0.161. The van der Waals surface area contributed by atoms with Crippen molar-refractivity contribution in [2.24, 2.45) is 0 Å². The highest BCUT2D eigenvalue weighted by atomic mass is 16.7. The van der Waals surface area contributed by atoms with Crippen LogP contribution in [-0.4, -0.2) is 26.4 Å². The maximum Gasteiger partial charge on any atom is 0.319 e. The lowest BCUT2D eigenvalue weighted by molar-refractivity contribution is -0.139. The van der Waals surface area contributed by atoms with E-state index in [1.165, 1.54) is 7.11 Å². The molecule has 1 aromatic carbocycles. The predicted molar refractivity (Wildman–Crippen MR) is 60.9 cm³/mol. The Morgan fingerprint density at radius 1 is 1.56 bits per heavy atom. The van der Waals surface area contributed by atoms with Gasteiger partial charge < -0.3 is 14.2 Å². The van der Waals surface area contributed by atoms with Crippen LogP contribution < -0.4 is 14.8 Å². The molecule has 0 saturated carbocycles. The molecule has 1 atom stereocenters. The lowest BCUT2D eigenvalue weighted by Gasteiger charge is -2.11. The molecule has 0 aliphatic carbocycles. The molecule has 0 amide bonds. The van der Waals surface area contributed by atoms with Gasteiger partial charge in [-0.15, -0.1) is 0 Å². The number of methoxy groups -OCH3 is 1. The van der Waals surface area contributed by atoms with E-state index in [1.807, 2.05) is 0 Å². The van der Waals surface area contributed by atoms with E-state index >= 15 is 0 Å². The van der Waals surface area contributed by atoms with Crippen molar-refractivity contribution in [2.75, 3.05) is 20.4 Å². The molecular weight excluding hydrogens is 236 g/mol. The molecular formula is C12H12N2O4. The topological polar surface area (TPSA) is 80.6 Å². The van der Waals surface area contributed by atoms with Gasteiger partial charge in [-0.05, 0) is 17.7 Å². The lowest BCUT2D eigenvalue weighted by Crippen LogP contribution is -2.27. The number of nitrogens with one attached hydrogen (secondary N) is 1. The second-order valence-electron chi connectivity index (χ2n) is 3.63. The molecule has 0 bridgehead atoms. The molecule has 0 aromatic heterocycles. The number of carbonyl (C=O) groups is 1. The molecule has 1 aromatic rings. The van der Waals surface area contributed by atoms with Crippen molar-refractivity contribution in [3.8, 4) is 17.6 Å². The van der Waals surface area contributed by atoms with Gasteiger partial charge in [0.25, 0.3) is 0 Å². The Morgan fingerprint density at radius 3 is 3.06 bits per heavy atom. The number of nitriles is 1. The van der Waals surface area contributed by atoms with Crippen LogP contribution >= 0.6 is 0 Å². The van der Waals surface area contributed by atoms with Crippen LogP contribution in [-0.2, 0) is 9.53 Å². The minimum Gasteiger partial charge on any atom is -0.468 e. The van der Waals surface area contributed by atoms with Crippen LogP contribution in [0.2, 0.25) is 0 Å². The quantitative estimate of drug-likeness (QED) is 0.792. The van der Waals surface area contributed by atoms with Gasteiger partial charge >= 0.3 is 5.97 Å². The van der Waals surface area contributed by atoms with E-state index < -0.39 is 12.0 Å². The van der Waals surface area contributed by atoms with Gasteiger partial charge in [0.2, 0.25) is 6.79 Å². The Bertz CT molecular complexity index is 495. The summed E-state index contributed by atoms with van der Waals surface area (Å²) >= 11 is 0. The molecule has 94 valence electrons. The number of esters is 1. The SMILES string of the molecule is COC(=O)CNC(C#N)c1ccc2c(c1)OCO2. The van der Waals surface area contributed by atoms with E-state index in [0.29, 0.717) is 17.1 Å². The smallest absolute Gasteiger partial charge is 0.319 e. The molecule has 1 aliphatic rings. The molecule has 6 heteroatoms. The Kier molecular flexibility index (Phi) is 3.65. The third kappa shape index (κ3) is 2.52. The van der Waals surface area contributed by atoms with Gasteiger partial charge in [-0.25, -0.2) is 0 Å². The van der Waals surface area contributed by atoms with Crippen molar-refractivity contribution < 1.29 is 19.0 Å². The summed E-state index contributed by atoms with van der Waals surface area (Å²) in [6, 6.07) is 6.69. The zero-order valence-corrected chi connectivity index (χ0v) is 9.80. The Morgan fingerprint density at radius 2 is 2.33 bits per heavy atom. The zero-order valence-electron chi connectivity index (χ0n) is 9.80. The Labute approximate surface area is 104 Å². The first-order chi connectivity index (χ1) is 8.74. The van der Waals surface area contributed by atoms with Crippen LogP contribution in [0.25, 0.3) is 0 Å². The fraction of sp³-hybridized carbons (Fsp3) is 0.333. The van der Waals surface area contributed by atoms with Crippen molar-refractivity contribution in [1.29, 1.82) is 5.26 Å². The van der Waals surface area contributed by atoms with E-state index in [1.54, 1.807) is 18.2 Å². The Balaban J connectivity index is 2.08. The maximum atomic E-state index is 11.0. The molecule has 6 nitrogen and oxygen atoms in total. The van der Waals surface area contributed by atoms with E-state index in [4.69, 9.17) is 14.7 Å². The van der Waals surface area contributed by atoms with Crippen LogP contribution in [0.3, 0.4) is 0 Å². The zero-order chi connectivity index (χ0) is 13.0. The van der Waals surface area contributed by atoms with Crippen LogP contribution in [0.15, 0.2) is 18.2 Å². The summed E-state index contributed by atoms with van der Waals surface area (Å²) in [5.41, 5.74) is 0.714. The molecule has 1 unspecified atom stereocenters. The van der Waals surface area contributed by atoms with Crippen molar-refractivity contribution in [1.82, 2.24) is 5.32 Å². The third-order valence-corrected chi connectivity index (χ3v) is 2.54. The van der Waals surface area contributed by atoms with Gasteiger partial charge in [0.05, 0.1) is 19.7 Å². The number of fused-ring (bicyclic) bond motifs is 1. The molecule has 1 heterocycles. The number of hydrogen-bond donors (Lipinski definition) is 1. The van der Waals surface area contributed by atoms with Crippen molar-refractivity contribution in [2.45, 2.75) is 6.04 Å². The predicted octanol–water partition coefficient (Wildman–Crippen LogP) is 0.743. The van der Waals surface area contributed by atoms with Gasteiger partial charge in [0.1, 0.15) is 6.04 Å². The maximum absolute atomic E-state index is 11.0. The number of nitrogens with zero attached hydrogens (tertiary/aromatic N) is 1. The molecule has 0 spiro atoms. The van der Waals surface area contributed by atoms with Crippen LogP contribution in [0.1, 0.15) is 11.6 Å². The average Bonchev–Trinajstić information content (AvgIpc) is 2.86. The van der Waals surface area contributed by atoms with Gasteiger partial charge in [0, 0.05) is 0 Å². The molecule has 1 N–H and O–H groups in total. The second kappa shape index (κ2) is 5.38. The van der Waals surface area contributed by atoms with Crippen molar-refractivity contribution >= 4 is 5.97 Å². The summed E-state index contributed by atoms with van der Waals surface area (Å²) in [5.74, 6) is 0.840. The van der Waals surface area contributed by atoms with E-state index in [9.17, 15) is 4.79 Å². The standard InChI is InChI=1S/C12H12N2O4/c1-16-12(15)6-14-9(5-13)8-2-3-10-11(4-8)18-7-17-10/h2-4,9,14H,6-7H2,1H3. The number of hydrogen-bond acceptors (Lipinski definition) is 6. The number of carbonyl (C=O) groups excluding carboxylic acids is 1. The summed E-state index contributed by atoms with van der Waals surface area (Å²) in [5, 5.41) is 11.9. The average molecular weight is 248 g/mol. The highest BCUT2D eigenvalue weighted by Crippen LogP contribution is 2.33. The molecule has 0 fully saturated rings. The van der Waals surface area contributed by atoms with Crippen LogP contribution in [0.4, 0.5) is 0 Å². The summed E-state index contributed by atoms with van der Waals surface area (Å²) in [4.78, 5) is 11.0. The van der Waals surface area contributed by atoms with Gasteiger partial charge in [0.15, 0.2) is 11.5 Å². The van der Waals surface area contributed by atoms with Crippen LogP contribution in [0, 0.1) is 11.3 Å². The highest BCUT2D eigenvalue weighted by molar-refractivity contribution is 5.71. The number of rotatable bonds is 4. The normalized spacial score (nSPS) is 13.8. The van der Waals surface area contributed by atoms with E-state index in [0.717, 1.165) is 0 Å². The number of ether oxygens (including phenoxy) is 3. The summed E-state index contributed by atoms with van der Waals surface area (Å²) in [6.07, 6.45) is 0. The fourth-order valence-corrected chi connectivity index (χ4v) is 1.59. The summed E-state index contributed by atoms with van der Waals surface area (Å²) in [7, 11) is 1.30. The second-order valence-corrected chi connectivity index (χ2v) is 3.63. The lowest BCUT2D eigenvalue weighted by atomic mass is 10.1. The van der Waals surface area contributed by atoms with Gasteiger partial charge in [-0.2, -0.15) is 5.26 Å². The van der Waals surface area contributed by atoms with Gasteiger partial charge in [-0.3, -0.25) is 10.1 Å². The Hall–Kier alpha value is -2.26. The first-order valence-corrected chi connectivity index (χ1v) is 5.34. The number of benzene rings is 1. The van der Waals surface area contributed by atoms with Crippen molar-refractivity contribution in [3.05, 3.63) is 23.8 Å².